The molecule has 1 aromatic rings. The third-order valence-electron chi connectivity index (χ3n) is 6.36. The maximum absolute atomic E-state index is 12.5. The van der Waals surface area contributed by atoms with E-state index in [1.807, 2.05) is 30.4 Å². The van der Waals surface area contributed by atoms with Crippen LogP contribution in [0.4, 0.5) is 4.79 Å². The first-order valence-electron chi connectivity index (χ1n) is 11.3. The lowest BCUT2D eigenvalue weighted by Crippen LogP contribution is -2.54. The number of rotatable bonds is 8. The van der Waals surface area contributed by atoms with Crippen molar-refractivity contribution in [3.05, 3.63) is 54.1 Å². The number of benzene rings is 1. The summed E-state index contributed by atoms with van der Waals surface area (Å²) in [6, 6.07) is 11.7. The van der Waals surface area contributed by atoms with Crippen molar-refractivity contribution >= 4 is 17.6 Å². The largest absolute Gasteiger partial charge is 0.465 e. The van der Waals surface area contributed by atoms with Crippen LogP contribution >= 0.6 is 0 Å². The fourth-order valence-electron chi connectivity index (χ4n) is 4.02. The molecule has 1 fully saturated rings. The Morgan fingerprint density at radius 3 is 2.52 bits per heavy atom. The lowest BCUT2D eigenvalue weighted by molar-refractivity contribution is -0.137. The Balaban J connectivity index is 1.39. The highest BCUT2D eigenvalue weighted by molar-refractivity contribution is 5.85. The van der Waals surface area contributed by atoms with Crippen LogP contribution in [0.15, 0.2) is 48.6 Å². The standard InChI is InChI=1S/C25H32N4O4/c1-20(27(2)24(31)32)23(30)29-16-14-28(15-17-29)13-6-18-33-25(19-26)11-9-22(10-12-25)21-7-4-3-5-8-21/h3-5,7-11,20H,6,12-18H2,1-2H3,(H,31,32)/t20-,25?/m1/s1. The monoisotopic (exact) mass is 452 g/mol. The zero-order chi connectivity index (χ0) is 23.8. The van der Waals surface area contributed by atoms with Crippen LogP contribution in [0.25, 0.3) is 5.57 Å². The number of hydrogen-bond acceptors (Lipinski definition) is 5. The highest BCUT2D eigenvalue weighted by atomic mass is 16.5. The second-order valence-corrected chi connectivity index (χ2v) is 8.50. The summed E-state index contributed by atoms with van der Waals surface area (Å²) < 4.78 is 5.99. The average Bonchev–Trinajstić information content (AvgIpc) is 2.86. The second-order valence-electron chi connectivity index (χ2n) is 8.50. The van der Waals surface area contributed by atoms with Crippen molar-refractivity contribution in [3.63, 3.8) is 0 Å². The summed E-state index contributed by atoms with van der Waals surface area (Å²) in [6.45, 7) is 5.55. The lowest BCUT2D eigenvalue weighted by Gasteiger charge is -2.37. The fourth-order valence-corrected chi connectivity index (χ4v) is 4.02. The number of carboxylic acid groups (broad SMARTS) is 1. The van der Waals surface area contributed by atoms with Crippen LogP contribution in [-0.4, -0.2) is 89.8 Å². The number of nitrogens with zero attached hydrogens (tertiary/aromatic N) is 4. The topological polar surface area (TPSA) is 97.1 Å². The van der Waals surface area contributed by atoms with E-state index in [0.29, 0.717) is 26.1 Å². The number of nitriles is 1. The molecule has 8 nitrogen and oxygen atoms in total. The summed E-state index contributed by atoms with van der Waals surface area (Å²) in [5.74, 6) is -0.161. The summed E-state index contributed by atoms with van der Waals surface area (Å²) in [5.41, 5.74) is 1.30. The van der Waals surface area contributed by atoms with E-state index in [1.54, 1.807) is 11.8 Å². The predicted molar refractivity (Wildman–Crippen MR) is 125 cm³/mol. The molecule has 33 heavy (non-hydrogen) atoms. The van der Waals surface area contributed by atoms with Crippen molar-refractivity contribution in [1.29, 1.82) is 5.26 Å². The number of carbonyl (C=O) groups excluding carboxylic acids is 1. The molecule has 2 aliphatic rings. The van der Waals surface area contributed by atoms with Gasteiger partial charge >= 0.3 is 6.09 Å². The first-order valence-corrected chi connectivity index (χ1v) is 11.3. The van der Waals surface area contributed by atoms with Crippen LogP contribution in [-0.2, 0) is 9.53 Å². The van der Waals surface area contributed by atoms with Gasteiger partial charge in [0.1, 0.15) is 12.1 Å². The van der Waals surface area contributed by atoms with Gasteiger partial charge < -0.3 is 14.7 Å². The molecule has 0 radical (unpaired) electrons. The van der Waals surface area contributed by atoms with Gasteiger partial charge in [0, 0.05) is 46.2 Å². The van der Waals surface area contributed by atoms with Gasteiger partial charge in [0.25, 0.3) is 0 Å². The van der Waals surface area contributed by atoms with E-state index >= 15 is 0 Å². The maximum Gasteiger partial charge on any atom is 0.407 e. The van der Waals surface area contributed by atoms with E-state index < -0.39 is 17.7 Å². The van der Waals surface area contributed by atoms with Gasteiger partial charge in [0.2, 0.25) is 5.91 Å². The highest BCUT2D eigenvalue weighted by Gasteiger charge is 2.30. The van der Waals surface area contributed by atoms with E-state index in [0.717, 1.165) is 42.1 Å². The molecule has 0 saturated carbocycles. The minimum absolute atomic E-state index is 0.161. The summed E-state index contributed by atoms with van der Waals surface area (Å²) in [7, 11) is 1.41. The maximum atomic E-state index is 12.5. The molecule has 2 atom stereocenters. The van der Waals surface area contributed by atoms with Gasteiger partial charge in [-0.2, -0.15) is 5.26 Å². The minimum Gasteiger partial charge on any atom is -0.465 e. The van der Waals surface area contributed by atoms with Gasteiger partial charge in [0.15, 0.2) is 5.60 Å². The lowest BCUT2D eigenvalue weighted by atomic mass is 9.90. The molecule has 1 N–H and O–H groups in total. The third kappa shape index (κ3) is 6.21. The van der Waals surface area contributed by atoms with Crippen molar-refractivity contribution in [2.45, 2.75) is 31.4 Å². The molecule has 0 spiro atoms. The van der Waals surface area contributed by atoms with Crippen molar-refractivity contribution in [1.82, 2.24) is 14.7 Å². The molecule has 1 unspecified atom stereocenters. The van der Waals surface area contributed by atoms with E-state index in [4.69, 9.17) is 9.84 Å². The van der Waals surface area contributed by atoms with Crippen molar-refractivity contribution in [3.8, 4) is 6.07 Å². The van der Waals surface area contributed by atoms with Gasteiger partial charge in [-0.1, -0.05) is 42.5 Å². The zero-order valence-corrected chi connectivity index (χ0v) is 19.3. The van der Waals surface area contributed by atoms with Crippen LogP contribution in [0.3, 0.4) is 0 Å². The summed E-state index contributed by atoms with van der Waals surface area (Å²) >= 11 is 0. The predicted octanol–water partition coefficient (Wildman–Crippen LogP) is 2.84. The molecule has 1 aliphatic carbocycles. The molecule has 0 bridgehead atoms. The second kappa shape index (κ2) is 11.1. The van der Waals surface area contributed by atoms with Crippen LogP contribution in [0.1, 0.15) is 25.3 Å². The molecule has 1 aromatic carbocycles. The van der Waals surface area contributed by atoms with Crippen molar-refractivity contribution in [2.75, 3.05) is 46.4 Å². The number of likely N-dealkylation sites (N-methyl/N-ethyl adjacent to an activating group) is 1. The molecule has 3 rings (SSSR count). The molecule has 1 aliphatic heterocycles. The Labute approximate surface area is 195 Å². The van der Waals surface area contributed by atoms with Gasteiger partial charge in [-0.25, -0.2) is 4.79 Å². The first kappa shape index (κ1) is 24.5. The zero-order valence-electron chi connectivity index (χ0n) is 19.3. The molecule has 0 aromatic heterocycles. The first-order chi connectivity index (χ1) is 15.8. The van der Waals surface area contributed by atoms with Gasteiger partial charge in [-0.3, -0.25) is 14.6 Å². The van der Waals surface area contributed by atoms with Crippen LogP contribution < -0.4 is 0 Å². The van der Waals surface area contributed by atoms with E-state index in [2.05, 4.69) is 29.2 Å². The molecule has 176 valence electrons. The van der Waals surface area contributed by atoms with Crippen LogP contribution in [0.2, 0.25) is 0 Å². The van der Waals surface area contributed by atoms with Crippen LogP contribution in [0, 0.1) is 11.3 Å². The smallest absolute Gasteiger partial charge is 0.407 e. The Morgan fingerprint density at radius 1 is 1.24 bits per heavy atom. The van der Waals surface area contributed by atoms with E-state index in [9.17, 15) is 14.9 Å². The number of ether oxygens (including phenoxy) is 1. The molecule has 8 heteroatoms. The molecule has 2 amide bonds. The fraction of sp³-hybridized carbons (Fsp3) is 0.480. The van der Waals surface area contributed by atoms with E-state index in [1.165, 1.54) is 7.05 Å². The highest BCUT2D eigenvalue weighted by Crippen LogP contribution is 2.29. The quantitative estimate of drug-likeness (QED) is 0.609. The molecule has 1 saturated heterocycles. The molecular weight excluding hydrogens is 420 g/mol. The minimum atomic E-state index is -1.11. The van der Waals surface area contributed by atoms with Gasteiger partial charge in [0.05, 0.1) is 6.61 Å². The van der Waals surface area contributed by atoms with Gasteiger partial charge in [-0.05, 0) is 30.6 Å². The number of carbonyl (C=O) groups is 2. The van der Waals surface area contributed by atoms with Crippen LogP contribution in [0.5, 0.6) is 0 Å². The Morgan fingerprint density at radius 2 is 1.94 bits per heavy atom. The number of amides is 2. The summed E-state index contributed by atoms with van der Waals surface area (Å²) in [5, 5.41) is 18.8. The van der Waals surface area contributed by atoms with E-state index in [-0.39, 0.29) is 5.91 Å². The number of piperazine rings is 1. The SMILES string of the molecule is C[C@H](C(=O)N1CCN(CCCOC2(C#N)C=CC(c3ccccc3)=CC2)CC1)N(C)C(=O)O. The summed E-state index contributed by atoms with van der Waals surface area (Å²) in [4.78, 5) is 28.6. The normalized spacial score (nSPS) is 21.7. The Hall–Kier alpha value is -3.15. The Bertz CT molecular complexity index is 931. The number of hydrogen-bond donors (Lipinski definition) is 1. The third-order valence-corrected chi connectivity index (χ3v) is 6.36. The average molecular weight is 453 g/mol. The van der Waals surface area contributed by atoms with Crippen molar-refractivity contribution in [2.24, 2.45) is 0 Å². The molecular formula is C25H32N4O4. The summed E-state index contributed by atoms with van der Waals surface area (Å²) in [6.07, 6.45) is 6.07. The number of allylic oxidation sites excluding steroid dienone is 2. The Kier molecular flexibility index (Phi) is 8.26. The van der Waals surface area contributed by atoms with Crippen molar-refractivity contribution < 1.29 is 19.4 Å². The molecule has 1 heterocycles. The van der Waals surface area contributed by atoms with Gasteiger partial charge in [-0.15, -0.1) is 0 Å².